The molecule has 1 aromatic heterocycles. The van der Waals surface area contributed by atoms with Gasteiger partial charge in [-0.05, 0) is 29.7 Å². The standard InChI is InChI=1S/C13H15N3O2S/c1-16-9-11(4-6-14)12-8-10(2-3-13(12)16)5-7-19(15,17)18/h2-3,8-9H,4-5,7H2,1H3,(H2,15,17,18). The summed E-state index contributed by atoms with van der Waals surface area (Å²) in [6.45, 7) is 0. The van der Waals surface area contributed by atoms with Gasteiger partial charge in [0.2, 0.25) is 10.0 Å². The monoisotopic (exact) mass is 277 g/mol. The van der Waals surface area contributed by atoms with Crippen LogP contribution < -0.4 is 5.14 Å². The highest BCUT2D eigenvalue weighted by Gasteiger charge is 2.09. The van der Waals surface area contributed by atoms with Crippen LogP contribution in [-0.4, -0.2) is 18.7 Å². The molecular weight excluding hydrogens is 262 g/mol. The number of hydrogen-bond donors (Lipinski definition) is 1. The second-order valence-electron chi connectivity index (χ2n) is 4.57. The van der Waals surface area contributed by atoms with E-state index in [2.05, 4.69) is 6.07 Å². The van der Waals surface area contributed by atoms with E-state index in [1.807, 2.05) is 36.0 Å². The molecule has 0 saturated carbocycles. The number of fused-ring (bicyclic) bond motifs is 1. The van der Waals surface area contributed by atoms with Gasteiger partial charge in [0.05, 0.1) is 18.2 Å². The minimum absolute atomic E-state index is 0.0705. The Morgan fingerprint density at radius 1 is 1.42 bits per heavy atom. The number of aryl methyl sites for hydroxylation is 2. The smallest absolute Gasteiger partial charge is 0.209 e. The number of rotatable bonds is 4. The Morgan fingerprint density at radius 2 is 2.16 bits per heavy atom. The molecule has 0 amide bonds. The van der Waals surface area contributed by atoms with Crippen LogP contribution in [0.1, 0.15) is 11.1 Å². The molecule has 100 valence electrons. The first-order valence-corrected chi connectivity index (χ1v) is 7.56. The summed E-state index contributed by atoms with van der Waals surface area (Å²) in [5.41, 5.74) is 2.90. The molecule has 0 saturated heterocycles. The van der Waals surface area contributed by atoms with E-state index in [9.17, 15) is 8.42 Å². The van der Waals surface area contributed by atoms with Gasteiger partial charge in [0.25, 0.3) is 0 Å². The molecule has 0 aliphatic rings. The summed E-state index contributed by atoms with van der Waals surface area (Å²) in [4.78, 5) is 0. The van der Waals surface area contributed by atoms with Crippen LogP contribution in [0, 0.1) is 11.3 Å². The number of nitrogens with zero attached hydrogens (tertiary/aromatic N) is 2. The molecule has 1 heterocycles. The molecule has 2 aromatic rings. The van der Waals surface area contributed by atoms with E-state index >= 15 is 0 Å². The molecule has 19 heavy (non-hydrogen) atoms. The summed E-state index contributed by atoms with van der Waals surface area (Å²) < 4.78 is 23.9. The first kappa shape index (κ1) is 13.6. The van der Waals surface area contributed by atoms with Crippen LogP contribution in [0.5, 0.6) is 0 Å². The van der Waals surface area contributed by atoms with Crippen LogP contribution in [0.4, 0.5) is 0 Å². The van der Waals surface area contributed by atoms with E-state index < -0.39 is 10.0 Å². The van der Waals surface area contributed by atoms with Crippen molar-refractivity contribution < 1.29 is 8.42 Å². The number of nitriles is 1. The van der Waals surface area contributed by atoms with Crippen LogP contribution >= 0.6 is 0 Å². The van der Waals surface area contributed by atoms with Crippen molar-refractivity contribution in [3.05, 3.63) is 35.5 Å². The highest BCUT2D eigenvalue weighted by molar-refractivity contribution is 7.89. The molecule has 0 radical (unpaired) electrons. The molecule has 0 aliphatic carbocycles. The number of benzene rings is 1. The second kappa shape index (κ2) is 5.03. The Morgan fingerprint density at radius 3 is 2.79 bits per heavy atom. The average Bonchev–Trinajstić information content (AvgIpc) is 2.63. The molecule has 2 rings (SSSR count). The summed E-state index contributed by atoms with van der Waals surface area (Å²) in [7, 11) is -1.52. The topological polar surface area (TPSA) is 88.9 Å². The molecule has 2 N–H and O–H groups in total. The lowest BCUT2D eigenvalue weighted by molar-refractivity contribution is 0.597. The van der Waals surface area contributed by atoms with Gasteiger partial charge in [0, 0.05) is 24.1 Å². The summed E-state index contributed by atoms with van der Waals surface area (Å²) >= 11 is 0. The number of nitrogens with two attached hydrogens (primary N) is 1. The molecule has 0 atom stereocenters. The molecule has 0 bridgehead atoms. The predicted molar refractivity (Wildman–Crippen MR) is 73.9 cm³/mol. The lowest BCUT2D eigenvalue weighted by atomic mass is 10.1. The zero-order valence-corrected chi connectivity index (χ0v) is 11.4. The van der Waals surface area contributed by atoms with Gasteiger partial charge in [-0.3, -0.25) is 0 Å². The zero-order valence-electron chi connectivity index (χ0n) is 10.6. The number of primary sulfonamides is 1. The second-order valence-corrected chi connectivity index (χ2v) is 6.30. The third-order valence-electron chi connectivity index (χ3n) is 3.08. The van der Waals surface area contributed by atoms with Crippen molar-refractivity contribution in [2.24, 2.45) is 12.2 Å². The van der Waals surface area contributed by atoms with Gasteiger partial charge in [-0.2, -0.15) is 5.26 Å². The van der Waals surface area contributed by atoms with Crippen LogP contribution in [0.3, 0.4) is 0 Å². The van der Waals surface area contributed by atoms with Crippen molar-refractivity contribution >= 4 is 20.9 Å². The summed E-state index contributed by atoms with van der Waals surface area (Å²) in [6, 6.07) is 7.91. The van der Waals surface area contributed by atoms with E-state index in [0.717, 1.165) is 22.0 Å². The highest BCUT2D eigenvalue weighted by Crippen LogP contribution is 2.22. The first-order chi connectivity index (χ1) is 8.90. The molecule has 0 spiro atoms. The van der Waals surface area contributed by atoms with Crippen LogP contribution in [0.25, 0.3) is 10.9 Å². The van der Waals surface area contributed by atoms with Gasteiger partial charge in [-0.15, -0.1) is 0 Å². The van der Waals surface area contributed by atoms with Crippen molar-refractivity contribution in [2.75, 3.05) is 5.75 Å². The molecule has 0 unspecified atom stereocenters. The Labute approximate surface area is 112 Å². The van der Waals surface area contributed by atoms with Crippen molar-refractivity contribution in [3.63, 3.8) is 0 Å². The molecule has 1 aromatic carbocycles. The Kier molecular flexibility index (Phi) is 3.60. The van der Waals surface area contributed by atoms with Crippen LogP contribution in [0.2, 0.25) is 0 Å². The third kappa shape index (κ3) is 3.13. The molecular formula is C13H15N3O2S. The molecule has 0 fully saturated rings. The van der Waals surface area contributed by atoms with Crippen molar-refractivity contribution in [3.8, 4) is 6.07 Å². The minimum Gasteiger partial charge on any atom is -0.350 e. The third-order valence-corrected chi connectivity index (χ3v) is 3.85. The van der Waals surface area contributed by atoms with Gasteiger partial charge in [0.15, 0.2) is 0 Å². The number of hydrogen-bond acceptors (Lipinski definition) is 3. The average molecular weight is 277 g/mol. The van der Waals surface area contributed by atoms with E-state index in [4.69, 9.17) is 10.4 Å². The summed E-state index contributed by atoms with van der Waals surface area (Å²) in [5, 5.41) is 14.8. The lowest BCUT2D eigenvalue weighted by Gasteiger charge is -2.02. The normalized spacial score (nSPS) is 11.6. The van der Waals surface area contributed by atoms with Crippen molar-refractivity contribution in [1.29, 1.82) is 5.26 Å². The van der Waals surface area contributed by atoms with Gasteiger partial charge >= 0.3 is 0 Å². The minimum atomic E-state index is -3.45. The highest BCUT2D eigenvalue weighted by atomic mass is 32.2. The Balaban J connectivity index is 2.39. The predicted octanol–water partition coefficient (Wildman–Crippen LogP) is 1.08. The van der Waals surface area contributed by atoms with Gasteiger partial charge in [-0.1, -0.05) is 6.07 Å². The maximum Gasteiger partial charge on any atom is 0.209 e. The SMILES string of the molecule is Cn1cc(CC#N)c2cc(CCS(N)(=O)=O)ccc21. The fraction of sp³-hybridized carbons (Fsp3) is 0.308. The Hall–Kier alpha value is -1.84. The van der Waals surface area contributed by atoms with Gasteiger partial charge in [-0.25, -0.2) is 13.6 Å². The van der Waals surface area contributed by atoms with Crippen molar-refractivity contribution in [2.45, 2.75) is 12.8 Å². The van der Waals surface area contributed by atoms with E-state index in [1.54, 1.807) is 0 Å². The fourth-order valence-electron chi connectivity index (χ4n) is 2.16. The van der Waals surface area contributed by atoms with Crippen LogP contribution in [0.15, 0.2) is 24.4 Å². The van der Waals surface area contributed by atoms with Gasteiger partial charge in [0.1, 0.15) is 0 Å². The first-order valence-electron chi connectivity index (χ1n) is 5.85. The molecule has 6 heteroatoms. The van der Waals surface area contributed by atoms with E-state index in [-0.39, 0.29) is 5.75 Å². The van der Waals surface area contributed by atoms with Gasteiger partial charge < -0.3 is 4.57 Å². The van der Waals surface area contributed by atoms with Crippen LogP contribution in [-0.2, 0) is 29.9 Å². The fourth-order valence-corrected chi connectivity index (χ4v) is 2.68. The largest absolute Gasteiger partial charge is 0.350 e. The Bertz CT molecular complexity index is 754. The van der Waals surface area contributed by atoms with E-state index in [0.29, 0.717) is 12.8 Å². The van der Waals surface area contributed by atoms with Crippen molar-refractivity contribution in [1.82, 2.24) is 4.57 Å². The number of aromatic nitrogens is 1. The zero-order chi connectivity index (χ0) is 14.0. The summed E-state index contributed by atoms with van der Waals surface area (Å²) in [5.74, 6) is -0.0705. The molecule has 5 nitrogen and oxygen atoms in total. The van der Waals surface area contributed by atoms with E-state index in [1.165, 1.54) is 0 Å². The molecule has 0 aliphatic heterocycles. The maximum absolute atomic E-state index is 11.0. The summed E-state index contributed by atoms with van der Waals surface area (Å²) in [6.07, 6.45) is 2.66. The number of sulfonamides is 1. The lowest BCUT2D eigenvalue weighted by Crippen LogP contribution is -2.17. The maximum atomic E-state index is 11.0. The quantitative estimate of drug-likeness (QED) is 0.906.